The Morgan fingerprint density at radius 1 is 1.28 bits per heavy atom. The maximum atomic E-state index is 11.9. The number of H-pyrrole nitrogens is 1. The molecule has 0 radical (unpaired) electrons. The van der Waals surface area contributed by atoms with Gasteiger partial charge in [-0.15, -0.1) is 0 Å². The van der Waals surface area contributed by atoms with Crippen LogP contribution in [-0.4, -0.2) is 18.3 Å². The van der Waals surface area contributed by atoms with Crippen molar-refractivity contribution < 1.29 is 4.74 Å². The highest BCUT2D eigenvalue weighted by Crippen LogP contribution is 2.51. The van der Waals surface area contributed by atoms with Gasteiger partial charge in [-0.1, -0.05) is 35.9 Å². The third kappa shape index (κ3) is 3.51. The van der Waals surface area contributed by atoms with Gasteiger partial charge >= 0.3 is 0 Å². The number of rotatable bonds is 4. The number of hydrogen-bond acceptors (Lipinski definition) is 3. The molecule has 1 aromatic heterocycles. The van der Waals surface area contributed by atoms with Gasteiger partial charge in [0.15, 0.2) is 0 Å². The molecule has 2 bridgehead atoms. The van der Waals surface area contributed by atoms with Crippen LogP contribution in [0.4, 0.5) is 0 Å². The number of fused-ring (bicyclic) bond motifs is 4. The van der Waals surface area contributed by atoms with Crippen LogP contribution in [0.5, 0.6) is 5.75 Å². The van der Waals surface area contributed by atoms with E-state index < -0.39 is 5.54 Å². The SMILES string of the molecule is CC=C1[C@H]2C=C(C)C[C@]1(N=CC=Cc1cccc(OC)c1)c1ccc(=O)[nH]c1C2. The van der Waals surface area contributed by atoms with Crippen LogP contribution in [0.1, 0.15) is 37.1 Å². The highest BCUT2D eigenvalue weighted by molar-refractivity contribution is 5.79. The molecule has 0 saturated carbocycles. The molecule has 2 atom stereocenters. The minimum absolute atomic E-state index is 0.0523. The van der Waals surface area contributed by atoms with Gasteiger partial charge in [0, 0.05) is 35.9 Å². The number of allylic oxidation sites excluding steroid dienone is 3. The van der Waals surface area contributed by atoms with Gasteiger partial charge in [-0.25, -0.2) is 0 Å². The van der Waals surface area contributed by atoms with Crippen LogP contribution in [0.25, 0.3) is 6.08 Å². The molecule has 0 amide bonds. The van der Waals surface area contributed by atoms with Gasteiger partial charge in [-0.3, -0.25) is 9.79 Å². The number of methoxy groups -OCH3 is 1. The van der Waals surface area contributed by atoms with Gasteiger partial charge in [0.1, 0.15) is 11.3 Å². The number of nitrogens with zero attached hydrogens (tertiary/aromatic N) is 1. The van der Waals surface area contributed by atoms with Gasteiger partial charge in [0.25, 0.3) is 0 Å². The highest BCUT2D eigenvalue weighted by Gasteiger charge is 2.46. The summed E-state index contributed by atoms with van der Waals surface area (Å²) in [4.78, 5) is 20.0. The van der Waals surface area contributed by atoms with E-state index >= 15 is 0 Å². The van der Waals surface area contributed by atoms with Crippen LogP contribution in [0, 0.1) is 5.92 Å². The second-order valence-corrected chi connectivity index (χ2v) is 7.73. The summed E-state index contributed by atoms with van der Waals surface area (Å²) in [6, 6.07) is 11.5. The van der Waals surface area contributed by atoms with Crippen LogP contribution in [0.3, 0.4) is 0 Å². The Bertz CT molecular complexity index is 1100. The summed E-state index contributed by atoms with van der Waals surface area (Å²) in [5, 5.41) is 0. The normalized spacial score (nSPS) is 24.7. The molecule has 4 heteroatoms. The van der Waals surface area contributed by atoms with Crippen LogP contribution in [-0.2, 0) is 12.0 Å². The van der Waals surface area contributed by atoms with E-state index in [2.05, 4.69) is 31.0 Å². The Labute approximate surface area is 171 Å². The summed E-state index contributed by atoms with van der Waals surface area (Å²) >= 11 is 0. The third-order valence-electron chi connectivity index (χ3n) is 5.84. The first-order chi connectivity index (χ1) is 14.1. The van der Waals surface area contributed by atoms with Crippen LogP contribution < -0.4 is 10.3 Å². The van der Waals surface area contributed by atoms with E-state index in [9.17, 15) is 4.79 Å². The molecule has 4 rings (SSSR count). The lowest BCUT2D eigenvalue weighted by Crippen LogP contribution is -2.40. The molecule has 2 aromatic rings. The first-order valence-corrected chi connectivity index (χ1v) is 9.98. The fourth-order valence-electron chi connectivity index (χ4n) is 4.72. The molecule has 0 fully saturated rings. The molecule has 1 N–H and O–H groups in total. The molecule has 29 heavy (non-hydrogen) atoms. The van der Waals surface area contributed by atoms with E-state index in [0.717, 1.165) is 35.4 Å². The third-order valence-corrected chi connectivity index (χ3v) is 5.84. The van der Waals surface area contributed by atoms with Gasteiger partial charge in [0.2, 0.25) is 5.56 Å². The summed E-state index contributed by atoms with van der Waals surface area (Å²) < 4.78 is 5.29. The quantitative estimate of drug-likeness (QED) is 0.604. The molecular weight excluding hydrogens is 360 g/mol. The molecule has 148 valence electrons. The average molecular weight is 386 g/mol. The van der Waals surface area contributed by atoms with Crippen LogP contribution >= 0.6 is 0 Å². The molecule has 2 aliphatic rings. The topological polar surface area (TPSA) is 54.4 Å². The van der Waals surface area contributed by atoms with E-state index in [-0.39, 0.29) is 11.5 Å². The maximum Gasteiger partial charge on any atom is 0.248 e. The van der Waals surface area contributed by atoms with E-state index in [0.29, 0.717) is 0 Å². The Hall–Kier alpha value is -3.14. The fraction of sp³-hybridized carbons (Fsp3) is 0.280. The number of ether oxygens (including phenoxy) is 1. The minimum Gasteiger partial charge on any atom is -0.497 e. The van der Waals surface area contributed by atoms with E-state index in [1.54, 1.807) is 13.2 Å². The summed E-state index contributed by atoms with van der Waals surface area (Å²) in [6.45, 7) is 4.26. The Morgan fingerprint density at radius 3 is 2.93 bits per heavy atom. The zero-order chi connectivity index (χ0) is 20.4. The number of aromatic amines is 1. The van der Waals surface area contributed by atoms with E-state index in [1.807, 2.05) is 48.7 Å². The largest absolute Gasteiger partial charge is 0.497 e. The monoisotopic (exact) mass is 386 g/mol. The molecular formula is C25H26N2O2. The lowest BCUT2D eigenvalue weighted by atomic mass is 9.63. The Kier molecular flexibility index (Phi) is 5.10. The number of aromatic nitrogens is 1. The van der Waals surface area contributed by atoms with Crippen molar-refractivity contribution in [1.82, 2.24) is 4.98 Å². The molecule has 0 aliphatic heterocycles. The molecule has 0 spiro atoms. The first kappa shape index (κ1) is 19.2. The van der Waals surface area contributed by atoms with Gasteiger partial charge in [0.05, 0.1) is 7.11 Å². The van der Waals surface area contributed by atoms with Crippen LogP contribution in [0.2, 0.25) is 0 Å². The maximum absolute atomic E-state index is 11.9. The fourth-order valence-corrected chi connectivity index (χ4v) is 4.72. The second kappa shape index (κ2) is 7.70. The Balaban J connectivity index is 1.74. The summed E-state index contributed by atoms with van der Waals surface area (Å²) in [5.74, 6) is 1.11. The number of aliphatic imine (C=N–C) groups is 1. The van der Waals surface area contributed by atoms with Crippen molar-refractivity contribution >= 4 is 12.3 Å². The summed E-state index contributed by atoms with van der Waals surface area (Å²) in [5.41, 5.74) is 5.33. The molecule has 0 unspecified atom stereocenters. The van der Waals surface area contributed by atoms with Crippen molar-refractivity contribution in [3.63, 3.8) is 0 Å². The van der Waals surface area contributed by atoms with Crippen molar-refractivity contribution in [2.75, 3.05) is 7.11 Å². The van der Waals surface area contributed by atoms with Crippen molar-refractivity contribution in [3.05, 3.63) is 92.9 Å². The van der Waals surface area contributed by atoms with Crippen LogP contribution in [0.15, 0.2) is 75.6 Å². The van der Waals surface area contributed by atoms with E-state index in [1.165, 1.54) is 11.1 Å². The number of hydrogen-bond donors (Lipinski definition) is 1. The van der Waals surface area contributed by atoms with Gasteiger partial charge in [-0.2, -0.15) is 0 Å². The molecule has 2 aliphatic carbocycles. The second-order valence-electron chi connectivity index (χ2n) is 7.73. The molecule has 1 aromatic carbocycles. The van der Waals surface area contributed by atoms with Crippen molar-refractivity contribution in [3.8, 4) is 5.75 Å². The summed E-state index contributed by atoms with van der Waals surface area (Å²) in [6.07, 6.45) is 12.1. The molecule has 1 heterocycles. The van der Waals surface area contributed by atoms with Gasteiger partial charge < -0.3 is 9.72 Å². The lowest BCUT2D eigenvalue weighted by Gasteiger charge is -2.45. The first-order valence-electron chi connectivity index (χ1n) is 9.98. The minimum atomic E-state index is -0.450. The number of benzene rings is 1. The standard InChI is InChI=1S/C25H26N2O2/c1-4-21-19-13-17(2)16-25(21,22-10-11-24(28)27-23(22)15-19)26-12-6-8-18-7-5-9-20(14-18)29-3/h4-14,19H,15-16H2,1-3H3,(H,27,28)/t19-,25+/m0/s1. The predicted molar refractivity (Wildman–Crippen MR) is 119 cm³/mol. The molecule has 4 nitrogen and oxygen atoms in total. The van der Waals surface area contributed by atoms with Crippen molar-refractivity contribution in [2.24, 2.45) is 10.9 Å². The number of nitrogens with one attached hydrogen (secondary N) is 1. The zero-order valence-electron chi connectivity index (χ0n) is 17.1. The zero-order valence-corrected chi connectivity index (χ0v) is 17.1. The predicted octanol–water partition coefficient (Wildman–Crippen LogP) is 4.83. The lowest BCUT2D eigenvalue weighted by molar-refractivity contribution is 0.413. The Morgan fingerprint density at radius 2 is 2.14 bits per heavy atom. The van der Waals surface area contributed by atoms with E-state index in [4.69, 9.17) is 9.73 Å². The average Bonchev–Trinajstić information content (AvgIpc) is 2.70. The smallest absolute Gasteiger partial charge is 0.248 e. The summed E-state index contributed by atoms with van der Waals surface area (Å²) in [7, 11) is 1.67. The molecule has 0 saturated heterocycles. The highest BCUT2D eigenvalue weighted by atomic mass is 16.5. The van der Waals surface area contributed by atoms with Crippen molar-refractivity contribution in [2.45, 2.75) is 32.2 Å². The van der Waals surface area contributed by atoms with Crippen molar-refractivity contribution in [1.29, 1.82) is 0 Å². The van der Waals surface area contributed by atoms with Gasteiger partial charge in [-0.05, 0) is 55.7 Å². The number of pyridine rings is 1.